The van der Waals surface area contributed by atoms with E-state index in [2.05, 4.69) is 17.1 Å². The van der Waals surface area contributed by atoms with Crippen molar-refractivity contribution in [2.24, 2.45) is 0 Å². The lowest BCUT2D eigenvalue weighted by atomic mass is 10.2. The summed E-state index contributed by atoms with van der Waals surface area (Å²) in [6, 6.07) is 3.78. The lowest BCUT2D eigenvalue weighted by Gasteiger charge is -2.20. The second-order valence-electron chi connectivity index (χ2n) is 4.61. The maximum Gasteiger partial charge on any atom is 0.160 e. The molecular formula is C13H17Cl2FN2. The van der Waals surface area contributed by atoms with Crippen molar-refractivity contribution >= 4 is 28.9 Å². The lowest BCUT2D eigenvalue weighted by molar-refractivity contribution is 0.549. The summed E-state index contributed by atoms with van der Waals surface area (Å²) in [6.45, 7) is 5.04. The number of hydrogen-bond acceptors (Lipinski definition) is 2. The van der Waals surface area contributed by atoms with Crippen LogP contribution in [0.5, 0.6) is 0 Å². The minimum Gasteiger partial charge on any atom is -0.370 e. The standard InChI is InChI=1S/C13H17Cl2FN2/c1-2-4-17-9-3-5-18(8-9)10-6-11(14)13(16)12(15)7-10/h6-7,9,17H,2-5,8H2,1H3. The van der Waals surface area contributed by atoms with Crippen LogP contribution in [0.4, 0.5) is 10.1 Å². The van der Waals surface area contributed by atoms with E-state index in [-0.39, 0.29) is 10.0 Å². The maximum absolute atomic E-state index is 13.3. The number of anilines is 1. The quantitative estimate of drug-likeness (QED) is 0.851. The molecule has 1 atom stereocenters. The molecule has 2 nitrogen and oxygen atoms in total. The highest BCUT2D eigenvalue weighted by atomic mass is 35.5. The van der Waals surface area contributed by atoms with E-state index in [1.165, 1.54) is 0 Å². The number of benzene rings is 1. The van der Waals surface area contributed by atoms with Gasteiger partial charge in [0.1, 0.15) is 0 Å². The Kier molecular flexibility index (Phi) is 4.71. The Morgan fingerprint density at radius 1 is 1.39 bits per heavy atom. The topological polar surface area (TPSA) is 15.3 Å². The molecule has 0 radical (unpaired) electrons. The SMILES string of the molecule is CCCNC1CCN(c2cc(Cl)c(F)c(Cl)c2)C1. The fraction of sp³-hybridized carbons (Fsp3) is 0.538. The Balaban J connectivity index is 2.05. The molecule has 5 heteroatoms. The van der Waals surface area contributed by atoms with Gasteiger partial charge in [-0.1, -0.05) is 30.1 Å². The van der Waals surface area contributed by atoms with Crippen molar-refractivity contribution in [1.29, 1.82) is 0 Å². The normalized spacial score (nSPS) is 19.6. The molecule has 1 saturated heterocycles. The predicted molar refractivity (Wildman–Crippen MR) is 75.3 cm³/mol. The van der Waals surface area contributed by atoms with Gasteiger partial charge in [0.2, 0.25) is 0 Å². The molecule has 1 aliphatic rings. The molecule has 0 aliphatic carbocycles. The maximum atomic E-state index is 13.3. The monoisotopic (exact) mass is 290 g/mol. The first kappa shape index (κ1) is 13.9. The second kappa shape index (κ2) is 6.09. The Bertz CT molecular complexity index is 402. The molecule has 100 valence electrons. The summed E-state index contributed by atoms with van der Waals surface area (Å²) in [6.07, 6.45) is 2.22. The van der Waals surface area contributed by atoms with Gasteiger partial charge in [0.25, 0.3) is 0 Å². The second-order valence-corrected chi connectivity index (χ2v) is 5.42. The largest absolute Gasteiger partial charge is 0.370 e. The van der Waals surface area contributed by atoms with Crippen LogP contribution in [0.1, 0.15) is 19.8 Å². The van der Waals surface area contributed by atoms with Gasteiger partial charge in [0.05, 0.1) is 10.0 Å². The average molecular weight is 291 g/mol. The number of nitrogens with zero attached hydrogens (tertiary/aromatic N) is 1. The van der Waals surface area contributed by atoms with Crippen molar-refractivity contribution in [2.45, 2.75) is 25.8 Å². The van der Waals surface area contributed by atoms with Crippen molar-refractivity contribution in [3.63, 3.8) is 0 Å². The minimum atomic E-state index is -0.540. The van der Waals surface area contributed by atoms with Crippen LogP contribution >= 0.6 is 23.2 Å². The molecule has 2 rings (SSSR count). The molecule has 0 spiro atoms. The van der Waals surface area contributed by atoms with Crippen LogP contribution in [-0.4, -0.2) is 25.7 Å². The minimum absolute atomic E-state index is 0.0856. The van der Waals surface area contributed by atoms with Gasteiger partial charge in [-0.15, -0.1) is 0 Å². The Labute approximate surface area is 117 Å². The molecule has 0 bridgehead atoms. The van der Waals surface area contributed by atoms with Crippen LogP contribution in [0.15, 0.2) is 12.1 Å². The Morgan fingerprint density at radius 3 is 2.67 bits per heavy atom. The van der Waals surface area contributed by atoms with E-state index in [4.69, 9.17) is 23.2 Å². The summed E-state index contributed by atoms with van der Waals surface area (Å²) in [5.41, 5.74) is 0.896. The number of halogens is 3. The van der Waals surface area contributed by atoms with Gasteiger partial charge in [-0.25, -0.2) is 4.39 Å². The van der Waals surface area contributed by atoms with Crippen LogP contribution in [0.25, 0.3) is 0 Å². The molecule has 1 N–H and O–H groups in total. The summed E-state index contributed by atoms with van der Waals surface area (Å²) in [5.74, 6) is -0.540. The number of nitrogens with one attached hydrogen (secondary N) is 1. The zero-order valence-corrected chi connectivity index (χ0v) is 11.9. The average Bonchev–Trinajstić information content (AvgIpc) is 2.81. The first-order valence-electron chi connectivity index (χ1n) is 6.24. The number of hydrogen-bond donors (Lipinski definition) is 1. The smallest absolute Gasteiger partial charge is 0.160 e. The highest BCUT2D eigenvalue weighted by molar-refractivity contribution is 6.35. The highest BCUT2D eigenvalue weighted by Gasteiger charge is 2.23. The molecule has 1 fully saturated rings. The molecule has 0 aromatic heterocycles. The van der Waals surface area contributed by atoms with Gasteiger partial charge >= 0.3 is 0 Å². The van der Waals surface area contributed by atoms with Crippen LogP contribution in [0.2, 0.25) is 10.0 Å². The van der Waals surface area contributed by atoms with Gasteiger partial charge in [-0.3, -0.25) is 0 Å². The van der Waals surface area contributed by atoms with Crippen molar-refractivity contribution in [3.8, 4) is 0 Å². The lowest BCUT2D eigenvalue weighted by Crippen LogP contribution is -2.32. The van der Waals surface area contributed by atoms with E-state index < -0.39 is 5.82 Å². The third-order valence-electron chi connectivity index (χ3n) is 3.20. The third kappa shape index (κ3) is 3.08. The molecule has 1 aromatic carbocycles. The summed E-state index contributed by atoms with van der Waals surface area (Å²) in [7, 11) is 0. The zero-order chi connectivity index (χ0) is 13.1. The van der Waals surface area contributed by atoms with E-state index in [0.717, 1.165) is 38.2 Å². The van der Waals surface area contributed by atoms with Crippen molar-refractivity contribution < 1.29 is 4.39 Å². The van der Waals surface area contributed by atoms with Gasteiger partial charge in [-0.2, -0.15) is 0 Å². The van der Waals surface area contributed by atoms with Gasteiger partial charge in [-0.05, 0) is 31.5 Å². The third-order valence-corrected chi connectivity index (χ3v) is 3.76. The van der Waals surface area contributed by atoms with Gasteiger partial charge in [0.15, 0.2) is 5.82 Å². The van der Waals surface area contributed by atoms with E-state index in [0.29, 0.717) is 6.04 Å². The van der Waals surface area contributed by atoms with E-state index >= 15 is 0 Å². The molecular weight excluding hydrogens is 274 g/mol. The summed E-state index contributed by atoms with van der Waals surface area (Å²) >= 11 is 11.6. The summed E-state index contributed by atoms with van der Waals surface area (Å²) < 4.78 is 13.3. The van der Waals surface area contributed by atoms with Crippen LogP contribution in [0.3, 0.4) is 0 Å². The number of rotatable bonds is 4. The zero-order valence-electron chi connectivity index (χ0n) is 10.3. The van der Waals surface area contributed by atoms with Crippen LogP contribution in [-0.2, 0) is 0 Å². The van der Waals surface area contributed by atoms with Crippen LogP contribution < -0.4 is 10.2 Å². The van der Waals surface area contributed by atoms with E-state index in [1.54, 1.807) is 12.1 Å². The van der Waals surface area contributed by atoms with Gasteiger partial charge < -0.3 is 10.2 Å². The molecule has 1 unspecified atom stereocenters. The summed E-state index contributed by atoms with van der Waals surface area (Å²) in [5, 5.41) is 3.66. The fourth-order valence-electron chi connectivity index (χ4n) is 2.23. The molecule has 1 aliphatic heterocycles. The fourth-order valence-corrected chi connectivity index (χ4v) is 2.71. The van der Waals surface area contributed by atoms with E-state index in [1.807, 2.05) is 0 Å². The highest BCUT2D eigenvalue weighted by Crippen LogP contribution is 2.31. The molecule has 0 amide bonds. The van der Waals surface area contributed by atoms with Crippen LogP contribution in [0, 0.1) is 5.82 Å². The van der Waals surface area contributed by atoms with Crippen molar-refractivity contribution in [2.75, 3.05) is 24.5 Å². The van der Waals surface area contributed by atoms with Crippen molar-refractivity contribution in [3.05, 3.63) is 28.0 Å². The molecule has 1 heterocycles. The molecule has 18 heavy (non-hydrogen) atoms. The predicted octanol–water partition coefficient (Wildman–Crippen LogP) is 3.71. The first-order chi connectivity index (χ1) is 8.61. The Hall–Kier alpha value is -0.510. The summed E-state index contributed by atoms with van der Waals surface area (Å²) in [4.78, 5) is 2.19. The van der Waals surface area contributed by atoms with E-state index in [9.17, 15) is 4.39 Å². The molecule has 1 aromatic rings. The van der Waals surface area contributed by atoms with Crippen molar-refractivity contribution in [1.82, 2.24) is 5.32 Å². The van der Waals surface area contributed by atoms with Gasteiger partial charge in [0, 0.05) is 24.8 Å². The Morgan fingerprint density at radius 2 is 2.06 bits per heavy atom. The molecule has 0 saturated carbocycles. The first-order valence-corrected chi connectivity index (χ1v) is 7.00.